The Bertz CT molecular complexity index is 403. The van der Waals surface area contributed by atoms with Gasteiger partial charge in [0.25, 0.3) is 0 Å². The number of rotatable bonds is 3. The highest BCUT2D eigenvalue weighted by atomic mass is 16.5. The maximum atomic E-state index is 10.7. The Labute approximate surface area is 106 Å². The average Bonchev–Trinajstić information content (AvgIpc) is 2.63. The molecule has 1 aliphatic rings. The van der Waals surface area contributed by atoms with Crippen molar-refractivity contribution in [3.63, 3.8) is 0 Å². The first-order valence-electron chi connectivity index (χ1n) is 5.95. The molecule has 1 atom stereocenters. The minimum Gasteiger partial charge on any atom is -0.480 e. The molecule has 0 radical (unpaired) electrons. The average molecular weight is 254 g/mol. The lowest BCUT2D eigenvalue weighted by molar-refractivity contribution is 0.00751. The Morgan fingerprint density at radius 1 is 1.28 bits per heavy atom. The van der Waals surface area contributed by atoms with Gasteiger partial charge in [-0.25, -0.2) is 4.98 Å². The van der Waals surface area contributed by atoms with E-state index in [9.17, 15) is 5.11 Å². The standard InChI is InChI=1S/C12H18N2O4/c1-16-9-8-13-10(11(14-9)17-2)12(15)4-3-6-18-7-5-12/h8,15H,3-7H2,1-2H3. The number of nitrogens with zero attached hydrogens (tertiary/aromatic N) is 2. The van der Waals surface area contributed by atoms with Crippen molar-refractivity contribution in [1.29, 1.82) is 0 Å². The summed E-state index contributed by atoms with van der Waals surface area (Å²) < 4.78 is 15.5. The first-order valence-corrected chi connectivity index (χ1v) is 5.95. The van der Waals surface area contributed by atoms with Crippen LogP contribution in [0.2, 0.25) is 0 Å². The van der Waals surface area contributed by atoms with Crippen molar-refractivity contribution in [3.05, 3.63) is 11.9 Å². The molecule has 100 valence electrons. The van der Waals surface area contributed by atoms with Gasteiger partial charge in [0.2, 0.25) is 11.8 Å². The van der Waals surface area contributed by atoms with Gasteiger partial charge in [0.1, 0.15) is 11.3 Å². The van der Waals surface area contributed by atoms with E-state index in [1.807, 2.05) is 0 Å². The van der Waals surface area contributed by atoms with Crippen LogP contribution in [0.4, 0.5) is 0 Å². The first-order chi connectivity index (χ1) is 8.69. The van der Waals surface area contributed by atoms with E-state index in [4.69, 9.17) is 14.2 Å². The fourth-order valence-corrected chi connectivity index (χ4v) is 2.09. The minimum absolute atomic E-state index is 0.304. The summed E-state index contributed by atoms with van der Waals surface area (Å²) >= 11 is 0. The summed E-state index contributed by atoms with van der Waals surface area (Å²) in [6.07, 6.45) is 3.35. The molecular formula is C12H18N2O4. The molecule has 1 saturated heterocycles. The molecule has 1 fully saturated rings. The number of aromatic nitrogens is 2. The van der Waals surface area contributed by atoms with Crippen molar-refractivity contribution in [3.8, 4) is 11.8 Å². The van der Waals surface area contributed by atoms with Gasteiger partial charge in [-0.15, -0.1) is 0 Å². The van der Waals surface area contributed by atoms with E-state index in [0.717, 1.165) is 6.42 Å². The zero-order valence-corrected chi connectivity index (χ0v) is 10.7. The first kappa shape index (κ1) is 13.0. The Hall–Kier alpha value is -1.40. The van der Waals surface area contributed by atoms with Crippen LogP contribution in [-0.4, -0.2) is 42.5 Å². The molecule has 2 rings (SSSR count). The summed E-state index contributed by atoms with van der Waals surface area (Å²) in [5, 5.41) is 10.7. The summed E-state index contributed by atoms with van der Waals surface area (Å²) in [5.74, 6) is 0.669. The lowest BCUT2D eigenvalue weighted by atomic mass is 9.91. The highest BCUT2D eigenvalue weighted by Crippen LogP contribution is 2.35. The molecule has 0 aliphatic carbocycles. The SMILES string of the molecule is COc1cnc(C2(O)CCCOCC2)c(OC)n1. The van der Waals surface area contributed by atoms with Crippen molar-refractivity contribution < 1.29 is 19.3 Å². The summed E-state index contributed by atoms with van der Waals surface area (Å²) in [6.45, 7) is 1.17. The number of ether oxygens (including phenoxy) is 3. The molecule has 0 saturated carbocycles. The minimum atomic E-state index is -1.04. The predicted molar refractivity (Wildman–Crippen MR) is 63.7 cm³/mol. The third-order valence-electron chi connectivity index (χ3n) is 3.10. The van der Waals surface area contributed by atoms with Crippen LogP contribution in [0.3, 0.4) is 0 Å². The Kier molecular flexibility index (Phi) is 3.98. The van der Waals surface area contributed by atoms with E-state index in [1.165, 1.54) is 20.4 Å². The molecule has 6 heteroatoms. The second kappa shape index (κ2) is 5.49. The highest BCUT2D eigenvalue weighted by Gasteiger charge is 2.35. The lowest BCUT2D eigenvalue weighted by Crippen LogP contribution is -2.28. The highest BCUT2D eigenvalue weighted by molar-refractivity contribution is 5.28. The van der Waals surface area contributed by atoms with Crippen LogP contribution in [-0.2, 0) is 10.3 Å². The van der Waals surface area contributed by atoms with Gasteiger partial charge >= 0.3 is 0 Å². The molecule has 1 unspecified atom stereocenters. The maximum absolute atomic E-state index is 10.7. The molecule has 1 aromatic heterocycles. The Morgan fingerprint density at radius 2 is 2.11 bits per heavy atom. The number of aliphatic hydroxyl groups is 1. The van der Waals surface area contributed by atoms with Gasteiger partial charge in [0.15, 0.2) is 0 Å². The second-order valence-electron chi connectivity index (χ2n) is 4.27. The molecule has 1 aromatic rings. The van der Waals surface area contributed by atoms with E-state index in [-0.39, 0.29) is 0 Å². The molecule has 6 nitrogen and oxygen atoms in total. The summed E-state index contributed by atoms with van der Waals surface area (Å²) in [4.78, 5) is 8.39. The zero-order valence-electron chi connectivity index (χ0n) is 10.7. The van der Waals surface area contributed by atoms with Crippen molar-refractivity contribution in [2.75, 3.05) is 27.4 Å². The van der Waals surface area contributed by atoms with Crippen LogP contribution in [0.25, 0.3) is 0 Å². The van der Waals surface area contributed by atoms with Crippen LogP contribution >= 0.6 is 0 Å². The molecule has 0 bridgehead atoms. The summed E-state index contributed by atoms with van der Waals surface area (Å²) in [6, 6.07) is 0. The van der Waals surface area contributed by atoms with Gasteiger partial charge in [0.05, 0.1) is 20.4 Å². The monoisotopic (exact) mass is 254 g/mol. The molecule has 1 aliphatic heterocycles. The Morgan fingerprint density at radius 3 is 2.83 bits per heavy atom. The molecular weight excluding hydrogens is 236 g/mol. The predicted octanol–water partition coefficient (Wildman–Crippen LogP) is 0.882. The molecule has 0 amide bonds. The normalized spacial score (nSPS) is 24.4. The Balaban J connectivity index is 2.35. The fraction of sp³-hybridized carbons (Fsp3) is 0.667. The topological polar surface area (TPSA) is 73.7 Å². The van der Waals surface area contributed by atoms with E-state index >= 15 is 0 Å². The van der Waals surface area contributed by atoms with Gasteiger partial charge in [0, 0.05) is 19.6 Å². The van der Waals surface area contributed by atoms with Gasteiger partial charge in [-0.05, 0) is 12.8 Å². The van der Waals surface area contributed by atoms with Crippen molar-refractivity contribution in [1.82, 2.24) is 9.97 Å². The second-order valence-corrected chi connectivity index (χ2v) is 4.27. The smallest absolute Gasteiger partial charge is 0.241 e. The third kappa shape index (κ3) is 2.54. The third-order valence-corrected chi connectivity index (χ3v) is 3.10. The number of methoxy groups -OCH3 is 2. The van der Waals surface area contributed by atoms with Crippen LogP contribution < -0.4 is 9.47 Å². The van der Waals surface area contributed by atoms with Crippen molar-refractivity contribution in [2.24, 2.45) is 0 Å². The zero-order chi connectivity index (χ0) is 13.0. The molecule has 2 heterocycles. The van der Waals surface area contributed by atoms with Crippen LogP contribution in [0.1, 0.15) is 25.0 Å². The number of hydrogen-bond donors (Lipinski definition) is 1. The quantitative estimate of drug-likeness (QED) is 0.863. The van der Waals surface area contributed by atoms with Crippen LogP contribution in [0.15, 0.2) is 6.20 Å². The van der Waals surface area contributed by atoms with Crippen LogP contribution in [0.5, 0.6) is 11.8 Å². The molecule has 18 heavy (non-hydrogen) atoms. The van der Waals surface area contributed by atoms with E-state index in [1.54, 1.807) is 0 Å². The van der Waals surface area contributed by atoms with E-state index < -0.39 is 5.60 Å². The summed E-state index contributed by atoms with van der Waals surface area (Å²) in [7, 11) is 3.01. The van der Waals surface area contributed by atoms with E-state index in [2.05, 4.69) is 9.97 Å². The summed E-state index contributed by atoms with van der Waals surface area (Å²) in [5.41, 5.74) is -0.586. The van der Waals surface area contributed by atoms with Gasteiger partial charge in [-0.1, -0.05) is 0 Å². The van der Waals surface area contributed by atoms with Gasteiger partial charge < -0.3 is 19.3 Å². The molecule has 1 N–H and O–H groups in total. The molecule has 0 spiro atoms. The number of hydrogen-bond acceptors (Lipinski definition) is 6. The fourth-order valence-electron chi connectivity index (χ4n) is 2.09. The molecule has 0 aromatic carbocycles. The van der Waals surface area contributed by atoms with Crippen LogP contribution in [0, 0.1) is 0 Å². The maximum Gasteiger partial charge on any atom is 0.241 e. The largest absolute Gasteiger partial charge is 0.480 e. The van der Waals surface area contributed by atoms with Gasteiger partial charge in [-0.3, -0.25) is 0 Å². The van der Waals surface area contributed by atoms with E-state index in [0.29, 0.717) is 43.5 Å². The lowest BCUT2D eigenvalue weighted by Gasteiger charge is -2.26. The van der Waals surface area contributed by atoms with Crippen molar-refractivity contribution >= 4 is 0 Å². The van der Waals surface area contributed by atoms with Gasteiger partial charge in [-0.2, -0.15) is 4.98 Å². The van der Waals surface area contributed by atoms with Crippen molar-refractivity contribution in [2.45, 2.75) is 24.9 Å².